The lowest BCUT2D eigenvalue weighted by Gasteiger charge is -2.17. The van der Waals surface area contributed by atoms with Crippen molar-refractivity contribution in [3.8, 4) is 11.5 Å². The van der Waals surface area contributed by atoms with Gasteiger partial charge < -0.3 is 14.2 Å². The minimum Gasteiger partial charge on any atom is -0.493 e. The minimum atomic E-state index is -0.359. The second kappa shape index (κ2) is 6.00. The van der Waals surface area contributed by atoms with Crippen LogP contribution in [0.4, 0.5) is 0 Å². The third-order valence-corrected chi connectivity index (χ3v) is 2.34. The monoisotopic (exact) mass is 223 g/mol. The van der Waals surface area contributed by atoms with Gasteiger partial charge >= 0.3 is 6.47 Å². The number of benzene rings is 1. The summed E-state index contributed by atoms with van der Waals surface area (Å²) in [5.41, 5.74) is 0.785. The van der Waals surface area contributed by atoms with E-state index in [9.17, 15) is 4.79 Å². The van der Waals surface area contributed by atoms with Crippen molar-refractivity contribution in [1.82, 2.24) is 0 Å². The van der Waals surface area contributed by atoms with E-state index in [1.54, 1.807) is 20.3 Å². The van der Waals surface area contributed by atoms with Crippen LogP contribution in [-0.2, 0) is 9.53 Å². The van der Waals surface area contributed by atoms with Crippen LogP contribution >= 0.6 is 0 Å². The van der Waals surface area contributed by atoms with E-state index < -0.39 is 0 Å². The average Bonchev–Trinajstić information content (AvgIpc) is 2.34. The number of carbonyl (C=O) groups excluding carboxylic acids is 1. The zero-order valence-electron chi connectivity index (χ0n) is 9.65. The first-order valence-electron chi connectivity index (χ1n) is 5.02. The molecule has 0 bridgehead atoms. The Morgan fingerprint density at radius 3 is 2.56 bits per heavy atom. The second-order valence-electron chi connectivity index (χ2n) is 3.18. The van der Waals surface area contributed by atoms with E-state index >= 15 is 0 Å². The number of para-hydroxylation sites is 1. The number of rotatable bonds is 6. The molecule has 1 rings (SSSR count). The van der Waals surface area contributed by atoms with Crippen LogP contribution < -0.4 is 9.47 Å². The Morgan fingerprint density at radius 2 is 2.06 bits per heavy atom. The Balaban J connectivity index is 3.14. The van der Waals surface area contributed by atoms with E-state index in [0.29, 0.717) is 17.9 Å². The molecule has 1 atom stereocenters. The van der Waals surface area contributed by atoms with Gasteiger partial charge in [-0.3, -0.25) is 0 Å². The van der Waals surface area contributed by atoms with Crippen LogP contribution in [0.3, 0.4) is 0 Å². The normalized spacial score (nSPS) is 11.7. The summed E-state index contributed by atoms with van der Waals surface area (Å²) in [6.45, 7) is 3.38. The Labute approximate surface area is 95.1 Å². The van der Waals surface area contributed by atoms with Crippen molar-refractivity contribution >= 4 is 6.47 Å². The molecule has 1 unspecified atom stereocenters. The first kappa shape index (κ1) is 12.4. The van der Waals surface area contributed by atoms with Gasteiger partial charge in [0.2, 0.25) is 0 Å². The van der Waals surface area contributed by atoms with E-state index in [1.807, 2.05) is 19.1 Å². The molecule has 1 aromatic carbocycles. The standard InChI is InChI=1S/C12H15O4/c1-4-10(16-8-13)9-6-5-7-11(14-2)12(9)15-3/h5-7,10H,4H2,1-3H3. The predicted octanol–water partition coefficient (Wildman–Crippen LogP) is 2.24. The maximum atomic E-state index is 10.3. The molecule has 0 aromatic heterocycles. The van der Waals surface area contributed by atoms with Crippen molar-refractivity contribution in [2.24, 2.45) is 0 Å². The van der Waals surface area contributed by atoms with Crippen LogP contribution in [0.15, 0.2) is 18.2 Å². The number of hydrogen-bond donors (Lipinski definition) is 0. The van der Waals surface area contributed by atoms with Crippen molar-refractivity contribution in [1.29, 1.82) is 0 Å². The second-order valence-corrected chi connectivity index (χ2v) is 3.18. The highest BCUT2D eigenvalue weighted by Gasteiger charge is 2.18. The van der Waals surface area contributed by atoms with Crippen molar-refractivity contribution in [2.45, 2.75) is 19.4 Å². The molecule has 0 heterocycles. The highest BCUT2D eigenvalue weighted by atomic mass is 16.5. The average molecular weight is 223 g/mol. The number of methoxy groups -OCH3 is 2. The molecular formula is C12H15O4. The van der Waals surface area contributed by atoms with Gasteiger partial charge in [-0.1, -0.05) is 19.1 Å². The van der Waals surface area contributed by atoms with Gasteiger partial charge in [0.05, 0.1) is 14.2 Å². The SMILES string of the molecule is CCC(O[C]=O)c1cccc(OC)c1OC. The van der Waals surface area contributed by atoms with Crippen LogP contribution in [0.25, 0.3) is 0 Å². The Bertz CT molecular complexity index is 349. The maximum absolute atomic E-state index is 10.3. The van der Waals surface area contributed by atoms with Gasteiger partial charge in [0.15, 0.2) is 11.5 Å². The largest absolute Gasteiger partial charge is 0.493 e. The molecule has 87 valence electrons. The Hall–Kier alpha value is -1.71. The van der Waals surface area contributed by atoms with Crippen LogP contribution in [0.5, 0.6) is 11.5 Å². The molecular weight excluding hydrogens is 208 g/mol. The van der Waals surface area contributed by atoms with Crippen molar-refractivity contribution < 1.29 is 19.0 Å². The molecule has 1 aromatic rings. The lowest BCUT2D eigenvalue weighted by atomic mass is 10.1. The lowest BCUT2D eigenvalue weighted by Crippen LogP contribution is -2.05. The zero-order chi connectivity index (χ0) is 12.0. The van der Waals surface area contributed by atoms with E-state index in [4.69, 9.17) is 14.2 Å². The quantitative estimate of drug-likeness (QED) is 0.741. The topological polar surface area (TPSA) is 44.8 Å². The molecule has 16 heavy (non-hydrogen) atoms. The van der Waals surface area contributed by atoms with Gasteiger partial charge in [-0.05, 0) is 12.5 Å². The summed E-state index contributed by atoms with van der Waals surface area (Å²) in [6.07, 6.45) is 0.293. The van der Waals surface area contributed by atoms with Crippen molar-refractivity contribution in [3.05, 3.63) is 23.8 Å². The van der Waals surface area contributed by atoms with Gasteiger partial charge in [-0.25, -0.2) is 4.79 Å². The summed E-state index contributed by atoms with van der Waals surface area (Å²) in [4.78, 5) is 10.3. The van der Waals surface area contributed by atoms with Crippen LogP contribution in [0.2, 0.25) is 0 Å². The molecule has 0 spiro atoms. The summed E-state index contributed by atoms with van der Waals surface area (Å²) in [7, 11) is 3.12. The van der Waals surface area contributed by atoms with Crippen LogP contribution in [0.1, 0.15) is 25.0 Å². The molecule has 0 fully saturated rings. The molecule has 4 nitrogen and oxygen atoms in total. The fourth-order valence-electron chi connectivity index (χ4n) is 1.59. The molecule has 0 aliphatic rings. The highest BCUT2D eigenvalue weighted by molar-refractivity contribution is 5.49. The third-order valence-electron chi connectivity index (χ3n) is 2.34. The van der Waals surface area contributed by atoms with E-state index in [0.717, 1.165) is 5.56 Å². The van der Waals surface area contributed by atoms with Gasteiger partial charge in [0.25, 0.3) is 0 Å². The fraction of sp³-hybridized carbons (Fsp3) is 0.417. The Kier molecular flexibility index (Phi) is 4.64. The summed E-state index contributed by atoms with van der Waals surface area (Å²) in [6, 6.07) is 5.46. The maximum Gasteiger partial charge on any atom is 0.418 e. The first-order chi connectivity index (χ1) is 7.78. The zero-order valence-corrected chi connectivity index (χ0v) is 9.65. The summed E-state index contributed by atoms with van der Waals surface area (Å²) >= 11 is 0. The van der Waals surface area contributed by atoms with Gasteiger partial charge in [0.1, 0.15) is 6.10 Å². The molecule has 0 saturated carbocycles. The summed E-state index contributed by atoms with van der Waals surface area (Å²) < 4.78 is 15.3. The van der Waals surface area contributed by atoms with Gasteiger partial charge in [-0.15, -0.1) is 0 Å². The van der Waals surface area contributed by atoms with Crippen molar-refractivity contribution in [2.75, 3.05) is 14.2 Å². The number of hydrogen-bond acceptors (Lipinski definition) is 4. The van der Waals surface area contributed by atoms with Crippen LogP contribution in [-0.4, -0.2) is 20.7 Å². The molecule has 4 heteroatoms. The molecule has 0 amide bonds. The smallest absolute Gasteiger partial charge is 0.418 e. The number of ether oxygens (including phenoxy) is 3. The van der Waals surface area contributed by atoms with Gasteiger partial charge in [-0.2, -0.15) is 0 Å². The summed E-state index contributed by atoms with van der Waals surface area (Å²) in [5, 5.41) is 0. The van der Waals surface area contributed by atoms with Crippen molar-refractivity contribution in [3.63, 3.8) is 0 Å². The summed E-state index contributed by atoms with van der Waals surface area (Å²) in [5.74, 6) is 1.21. The molecule has 0 saturated heterocycles. The minimum absolute atomic E-state index is 0.359. The molecule has 0 N–H and O–H groups in total. The predicted molar refractivity (Wildman–Crippen MR) is 59.4 cm³/mol. The third kappa shape index (κ3) is 2.45. The molecule has 1 radical (unpaired) electrons. The molecule has 0 aliphatic carbocycles. The van der Waals surface area contributed by atoms with Crippen LogP contribution in [0, 0.1) is 0 Å². The fourth-order valence-corrected chi connectivity index (χ4v) is 1.59. The lowest BCUT2D eigenvalue weighted by molar-refractivity contribution is 0.170. The van der Waals surface area contributed by atoms with E-state index in [-0.39, 0.29) is 6.10 Å². The van der Waals surface area contributed by atoms with Gasteiger partial charge in [0, 0.05) is 5.56 Å². The Morgan fingerprint density at radius 1 is 1.31 bits per heavy atom. The molecule has 0 aliphatic heterocycles. The van der Waals surface area contributed by atoms with E-state index in [1.165, 1.54) is 6.47 Å². The highest BCUT2D eigenvalue weighted by Crippen LogP contribution is 2.36. The van der Waals surface area contributed by atoms with E-state index in [2.05, 4.69) is 0 Å². The first-order valence-corrected chi connectivity index (χ1v) is 5.02.